The number of hydrogen-bond acceptors (Lipinski definition) is 3. The van der Waals surface area contributed by atoms with Crippen molar-refractivity contribution in [3.8, 4) is 0 Å². The van der Waals surface area contributed by atoms with E-state index < -0.39 is 5.97 Å². The number of carbonyl (C=O) groups is 2. The fraction of sp³-hybridized carbons (Fsp3) is 0.500. The number of rotatable bonds is 5. The highest BCUT2D eigenvalue weighted by Gasteiger charge is 2.24. The first-order chi connectivity index (χ1) is 10.0. The molecule has 1 heterocycles. The predicted octanol–water partition coefficient (Wildman–Crippen LogP) is 2.34. The first kappa shape index (κ1) is 15.5. The summed E-state index contributed by atoms with van der Waals surface area (Å²) in [5, 5.41) is 9.05. The van der Waals surface area contributed by atoms with Gasteiger partial charge < -0.3 is 14.7 Å². The van der Waals surface area contributed by atoms with Crippen molar-refractivity contribution in [3.05, 3.63) is 29.3 Å². The van der Waals surface area contributed by atoms with Crippen LogP contribution in [0.25, 0.3) is 0 Å². The van der Waals surface area contributed by atoms with Crippen LogP contribution >= 0.6 is 0 Å². The number of methoxy groups -OCH3 is 1. The summed E-state index contributed by atoms with van der Waals surface area (Å²) in [6, 6.07) is 4.98. The van der Waals surface area contributed by atoms with Crippen LogP contribution in [0.3, 0.4) is 0 Å². The summed E-state index contributed by atoms with van der Waals surface area (Å²) >= 11 is 0. The average molecular weight is 291 g/mol. The summed E-state index contributed by atoms with van der Waals surface area (Å²) in [5.41, 5.74) is 2.06. The van der Waals surface area contributed by atoms with Crippen LogP contribution in [0.15, 0.2) is 18.2 Å². The quantitative estimate of drug-likeness (QED) is 0.904. The summed E-state index contributed by atoms with van der Waals surface area (Å²) in [7, 11) is 1.63. The van der Waals surface area contributed by atoms with E-state index in [0.29, 0.717) is 19.6 Å². The zero-order chi connectivity index (χ0) is 15.4. The van der Waals surface area contributed by atoms with Crippen LogP contribution < -0.4 is 4.90 Å². The second-order valence-corrected chi connectivity index (χ2v) is 5.56. The largest absolute Gasteiger partial charge is 0.478 e. The van der Waals surface area contributed by atoms with Gasteiger partial charge in [0.1, 0.15) is 0 Å². The first-order valence-corrected chi connectivity index (χ1v) is 7.18. The number of nitrogens with zero attached hydrogens (tertiary/aromatic N) is 1. The molecule has 0 spiro atoms. The van der Waals surface area contributed by atoms with Crippen LogP contribution in [0.4, 0.5) is 5.69 Å². The first-order valence-electron chi connectivity index (χ1n) is 7.18. The van der Waals surface area contributed by atoms with Crippen LogP contribution in [-0.4, -0.2) is 37.2 Å². The van der Waals surface area contributed by atoms with E-state index in [9.17, 15) is 9.59 Å². The third-order valence-corrected chi connectivity index (χ3v) is 3.72. The molecule has 1 aliphatic rings. The number of fused-ring (bicyclic) bond motifs is 1. The molecule has 0 radical (unpaired) electrons. The van der Waals surface area contributed by atoms with Gasteiger partial charge in [-0.2, -0.15) is 0 Å². The molecule has 1 amide bonds. The Hall–Kier alpha value is -1.88. The minimum Gasteiger partial charge on any atom is -0.478 e. The van der Waals surface area contributed by atoms with Crippen LogP contribution in [0, 0.1) is 5.92 Å². The Morgan fingerprint density at radius 2 is 2.19 bits per heavy atom. The van der Waals surface area contributed by atoms with E-state index in [0.717, 1.165) is 24.1 Å². The van der Waals surface area contributed by atoms with Gasteiger partial charge in [0.05, 0.1) is 5.56 Å². The Morgan fingerprint density at radius 3 is 2.86 bits per heavy atom. The molecule has 0 aromatic heterocycles. The van der Waals surface area contributed by atoms with Crippen molar-refractivity contribution in [3.63, 3.8) is 0 Å². The Balaban J connectivity index is 2.18. The lowest BCUT2D eigenvalue weighted by molar-refractivity contribution is -0.119. The number of carbonyl (C=O) groups excluding carboxylic acids is 1. The maximum absolute atomic E-state index is 12.4. The number of carboxylic acid groups (broad SMARTS) is 1. The van der Waals surface area contributed by atoms with Gasteiger partial charge in [-0.25, -0.2) is 4.79 Å². The van der Waals surface area contributed by atoms with Gasteiger partial charge in [-0.05, 0) is 42.5 Å². The summed E-state index contributed by atoms with van der Waals surface area (Å²) in [6.45, 7) is 3.24. The Morgan fingerprint density at radius 1 is 1.43 bits per heavy atom. The zero-order valence-corrected chi connectivity index (χ0v) is 12.5. The predicted molar refractivity (Wildman–Crippen MR) is 79.7 cm³/mol. The normalized spacial score (nSPS) is 15.4. The molecule has 5 nitrogen and oxygen atoms in total. The van der Waals surface area contributed by atoms with E-state index in [1.54, 1.807) is 30.2 Å². The summed E-state index contributed by atoms with van der Waals surface area (Å²) in [5.74, 6) is -0.690. The van der Waals surface area contributed by atoms with Gasteiger partial charge in [-0.3, -0.25) is 4.79 Å². The molecule has 0 fully saturated rings. The molecule has 0 saturated heterocycles. The summed E-state index contributed by atoms with van der Waals surface area (Å²) in [4.78, 5) is 25.2. The van der Waals surface area contributed by atoms with Crippen LogP contribution in [0.1, 0.15) is 35.7 Å². The molecule has 21 heavy (non-hydrogen) atoms. The lowest BCUT2D eigenvalue weighted by Crippen LogP contribution is -2.36. The highest BCUT2D eigenvalue weighted by atomic mass is 16.5. The third kappa shape index (κ3) is 3.61. The van der Waals surface area contributed by atoms with E-state index >= 15 is 0 Å². The van der Waals surface area contributed by atoms with E-state index in [-0.39, 0.29) is 17.4 Å². The van der Waals surface area contributed by atoms with Gasteiger partial charge >= 0.3 is 5.97 Å². The summed E-state index contributed by atoms with van der Waals surface area (Å²) < 4.78 is 5.07. The van der Waals surface area contributed by atoms with Gasteiger partial charge in [-0.15, -0.1) is 0 Å². The van der Waals surface area contributed by atoms with Crippen LogP contribution in [0.2, 0.25) is 0 Å². The van der Waals surface area contributed by atoms with Crippen molar-refractivity contribution in [2.24, 2.45) is 5.92 Å². The van der Waals surface area contributed by atoms with Crippen molar-refractivity contribution < 1.29 is 19.4 Å². The van der Waals surface area contributed by atoms with Crippen LogP contribution in [-0.2, 0) is 16.0 Å². The minimum atomic E-state index is -0.935. The third-order valence-electron chi connectivity index (χ3n) is 3.72. The van der Waals surface area contributed by atoms with Gasteiger partial charge in [0, 0.05) is 32.4 Å². The van der Waals surface area contributed by atoms with Crippen molar-refractivity contribution in [1.29, 1.82) is 0 Å². The highest BCUT2D eigenvalue weighted by Crippen LogP contribution is 2.29. The van der Waals surface area contributed by atoms with Crippen molar-refractivity contribution >= 4 is 17.6 Å². The van der Waals surface area contributed by atoms with Gasteiger partial charge in [-0.1, -0.05) is 6.92 Å². The highest BCUT2D eigenvalue weighted by molar-refractivity contribution is 5.96. The standard InChI is InChI=1S/C16H21NO4/c1-11(10-21-2)8-15(18)17-7-3-4-12-9-13(16(19)20)5-6-14(12)17/h5-6,9,11H,3-4,7-8,10H2,1-2H3,(H,19,20). The van der Waals surface area contributed by atoms with Crippen molar-refractivity contribution in [2.45, 2.75) is 26.2 Å². The molecule has 5 heteroatoms. The number of aryl methyl sites for hydroxylation is 1. The van der Waals surface area contributed by atoms with Gasteiger partial charge in [0.15, 0.2) is 0 Å². The van der Waals surface area contributed by atoms with E-state index in [2.05, 4.69) is 0 Å². The topological polar surface area (TPSA) is 66.8 Å². The Labute approximate surface area is 124 Å². The molecular weight excluding hydrogens is 270 g/mol. The van der Waals surface area contributed by atoms with Gasteiger partial charge in [0.25, 0.3) is 0 Å². The minimum absolute atomic E-state index is 0.0728. The zero-order valence-electron chi connectivity index (χ0n) is 12.5. The van der Waals surface area contributed by atoms with E-state index in [1.165, 1.54) is 0 Å². The number of anilines is 1. The molecule has 0 saturated carbocycles. The summed E-state index contributed by atoms with van der Waals surface area (Å²) in [6.07, 6.45) is 2.11. The number of carboxylic acids is 1. The molecule has 1 atom stereocenters. The maximum atomic E-state index is 12.4. The fourth-order valence-corrected chi connectivity index (χ4v) is 2.74. The molecule has 114 valence electrons. The fourth-order valence-electron chi connectivity index (χ4n) is 2.74. The number of amides is 1. The van der Waals surface area contributed by atoms with Crippen LogP contribution in [0.5, 0.6) is 0 Å². The second kappa shape index (κ2) is 6.72. The number of aromatic carboxylic acids is 1. The lowest BCUT2D eigenvalue weighted by atomic mass is 9.98. The van der Waals surface area contributed by atoms with E-state index in [4.69, 9.17) is 9.84 Å². The lowest BCUT2D eigenvalue weighted by Gasteiger charge is -2.30. The second-order valence-electron chi connectivity index (χ2n) is 5.56. The molecule has 1 N–H and O–H groups in total. The maximum Gasteiger partial charge on any atom is 0.335 e. The Kier molecular flexibility index (Phi) is 4.96. The number of hydrogen-bond donors (Lipinski definition) is 1. The Bertz CT molecular complexity index is 541. The molecule has 1 aromatic rings. The molecule has 1 aliphatic heterocycles. The molecule has 1 aromatic carbocycles. The molecule has 0 aliphatic carbocycles. The van der Waals surface area contributed by atoms with Gasteiger partial charge in [0.2, 0.25) is 5.91 Å². The molecule has 0 bridgehead atoms. The van der Waals surface area contributed by atoms with Crippen molar-refractivity contribution in [1.82, 2.24) is 0 Å². The number of ether oxygens (including phenoxy) is 1. The monoisotopic (exact) mass is 291 g/mol. The molecular formula is C16H21NO4. The average Bonchev–Trinajstić information content (AvgIpc) is 2.46. The smallest absolute Gasteiger partial charge is 0.335 e. The van der Waals surface area contributed by atoms with Crippen molar-refractivity contribution in [2.75, 3.05) is 25.2 Å². The number of benzene rings is 1. The molecule has 1 unspecified atom stereocenters. The SMILES string of the molecule is COCC(C)CC(=O)N1CCCc2cc(C(=O)O)ccc21. The molecule has 2 rings (SSSR count). The van der Waals surface area contributed by atoms with E-state index in [1.807, 2.05) is 6.92 Å².